The zero-order chi connectivity index (χ0) is 10.0. The fourth-order valence-corrected chi connectivity index (χ4v) is 1.58. The van der Waals surface area contributed by atoms with Gasteiger partial charge < -0.3 is 9.64 Å². The van der Waals surface area contributed by atoms with E-state index in [2.05, 4.69) is 33.7 Å². The van der Waals surface area contributed by atoms with Gasteiger partial charge >= 0.3 is 0 Å². The van der Waals surface area contributed by atoms with Crippen molar-refractivity contribution in [3.8, 4) is 0 Å². The van der Waals surface area contributed by atoms with Crippen LogP contribution in [0.15, 0.2) is 12.7 Å². The molecule has 5 nitrogen and oxygen atoms in total. The maximum absolute atomic E-state index is 5.60. The lowest BCUT2D eigenvalue weighted by Crippen LogP contribution is -2.48. The van der Waals surface area contributed by atoms with Crippen molar-refractivity contribution in [1.82, 2.24) is 15.0 Å². The summed E-state index contributed by atoms with van der Waals surface area (Å²) in [5.41, 5.74) is -0.120. The maximum atomic E-state index is 5.60. The Hall–Kier alpha value is -1.23. The zero-order valence-corrected chi connectivity index (χ0v) is 8.47. The summed E-state index contributed by atoms with van der Waals surface area (Å²) in [7, 11) is 0. The Morgan fingerprint density at radius 2 is 2.07 bits per heavy atom. The first-order valence-electron chi connectivity index (χ1n) is 4.68. The van der Waals surface area contributed by atoms with E-state index < -0.39 is 0 Å². The van der Waals surface area contributed by atoms with Gasteiger partial charge in [-0.15, -0.1) is 0 Å². The molecule has 2 heterocycles. The molecule has 0 aliphatic carbocycles. The minimum absolute atomic E-state index is 0.120. The smallest absolute Gasteiger partial charge is 0.228 e. The molecular formula is C9H14N4O. The van der Waals surface area contributed by atoms with Gasteiger partial charge in [-0.05, 0) is 13.8 Å². The molecule has 0 bridgehead atoms. The third kappa shape index (κ3) is 1.98. The van der Waals surface area contributed by atoms with Crippen LogP contribution >= 0.6 is 0 Å². The van der Waals surface area contributed by atoms with E-state index in [0.717, 1.165) is 25.6 Å². The Morgan fingerprint density at radius 3 is 2.71 bits per heavy atom. The molecular weight excluding hydrogens is 180 g/mol. The summed E-state index contributed by atoms with van der Waals surface area (Å²) in [6, 6.07) is 0. The van der Waals surface area contributed by atoms with Crippen molar-refractivity contribution in [1.29, 1.82) is 0 Å². The molecule has 0 unspecified atom stereocenters. The molecule has 1 aliphatic rings. The third-order valence-corrected chi connectivity index (χ3v) is 2.19. The molecule has 2 rings (SSSR count). The largest absolute Gasteiger partial charge is 0.372 e. The molecule has 1 aromatic heterocycles. The Kier molecular flexibility index (Phi) is 2.33. The molecule has 0 radical (unpaired) electrons. The maximum Gasteiger partial charge on any atom is 0.228 e. The number of hydrogen-bond donors (Lipinski definition) is 0. The van der Waals surface area contributed by atoms with Crippen LogP contribution in [0.4, 0.5) is 5.95 Å². The number of morpholine rings is 1. The van der Waals surface area contributed by atoms with Gasteiger partial charge in [0, 0.05) is 13.1 Å². The highest BCUT2D eigenvalue weighted by Gasteiger charge is 2.28. The average molecular weight is 194 g/mol. The highest BCUT2D eigenvalue weighted by molar-refractivity contribution is 5.29. The van der Waals surface area contributed by atoms with Gasteiger partial charge in [-0.3, -0.25) is 0 Å². The second kappa shape index (κ2) is 3.49. The van der Waals surface area contributed by atoms with Crippen LogP contribution < -0.4 is 4.90 Å². The summed E-state index contributed by atoms with van der Waals surface area (Å²) in [6.07, 6.45) is 3.04. The summed E-state index contributed by atoms with van der Waals surface area (Å²) in [6.45, 7) is 6.52. The molecule has 0 aromatic carbocycles. The van der Waals surface area contributed by atoms with E-state index in [1.807, 2.05) is 0 Å². The Morgan fingerprint density at radius 1 is 1.36 bits per heavy atom. The molecule has 14 heavy (non-hydrogen) atoms. The van der Waals surface area contributed by atoms with Gasteiger partial charge in [-0.25, -0.2) is 15.0 Å². The lowest BCUT2D eigenvalue weighted by molar-refractivity contribution is -0.0281. The number of hydrogen-bond acceptors (Lipinski definition) is 5. The molecule has 0 N–H and O–H groups in total. The van der Waals surface area contributed by atoms with Gasteiger partial charge in [0.1, 0.15) is 12.7 Å². The first-order valence-corrected chi connectivity index (χ1v) is 4.68. The van der Waals surface area contributed by atoms with Gasteiger partial charge in [-0.2, -0.15) is 0 Å². The minimum atomic E-state index is -0.120. The molecule has 1 fully saturated rings. The highest BCUT2D eigenvalue weighted by atomic mass is 16.5. The van der Waals surface area contributed by atoms with Crippen molar-refractivity contribution >= 4 is 5.95 Å². The zero-order valence-electron chi connectivity index (χ0n) is 8.47. The summed E-state index contributed by atoms with van der Waals surface area (Å²) >= 11 is 0. The topological polar surface area (TPSA) is 51.1 Å². The quantitative estimate of drug-likeness (QED) is 0.651. The predicted octanol–water partition coefficient (Wildman–Crippen LogP) is 0.487. The number of aromatic nitrogens is 3. The second-order valence-electron chi connectivity index (χ2n) is 3.97. The second-order valence-corrected chi connectivity index (χ2v) is 3.97. The van der Waals surface area contributed by atoms with Crippen molar-refractivity contribution in [3.05, 3.63) is 12.7 Å². The van der Waals surface area contributed by atoms with Gasteiger partial charge in [0.2, 0.25) is 5.95 Å². The van der Waals surface area contributed by atoms with Crippen molar-refractivity contribution in [3.63, 3.8) is 0 Å². The Balaban J connectivity index is 2.12. The SMILES string of the molecule is CC1(C)CN(c2ncncn2)CCO1. The first kappa shape index (κ1) is 9.33. The highest BCUT2D eigenvalue weighted by Crippen LogP contribution is 2.19. The number of anilines is 1. The number of ether oxygens (including phenoxy) is 1. The van der Waals surface area contributed by atoms with Crippen LogP contribution in [0.1, 0.15) is 13.8 Å². The standard InChI is InChI=1S/C9H14N4O/c1-9(2)5-13(3-4-14-9)8-11-6-10-7-12-8/h6-7H,3-5H2,1-2H3. The van der Waals surface area contributed by atoms with Crippen LogP contribution in [0.5, 0.6) is 0 Å². The molecule has 5 heteroatoms. The van der Waals surface area contributed by atoms with Crippen LogP contribution in [0, 0.1) is 0 Å². The molecule has 0 amide bonds. The fraction of sp³-hybridized carbons (Fsp3) is 0.667. The normalized spacial score (nSPS) is 20.9. The molecule has 1 aliphatic heterocycles. The summed E-state index contributed by atoms with van der Waals surface area (Å²) < 4.78 is 5.60. The summed E-state index contributed by atoms with van der Waals surface area (Å²) in [5, 5.41) is 0. The van der Waals surface area contributed by atoms with E-state index in [-0.39, 0.29) is 5.60 Å². The van der Waals surface area contributed by atoms with E-state index in [4.69, 9.17) is 4.74 Å². The third-order valence-electron chi connectivity index (χ3n) is 2.19. The number of nitrogens with zero attached hydrogens (tertiary/aromatic N) is 4. The molecule has 1 aromatic rings. The lowest BCUT2D eigenvalue weighted by atomic mass is 10.1. The van der Waals surface area contributed by atoms with E-state index in [1.54, 1.807) is 0 Å². The van der Waals surface area contributed by atoms with Crippen LogP contribution in [-0.4, -0.2) is 40.2 Å². The lowest BCUT2D eigenvalue weighted by Gasteiger charge is -2.37. The van der Waals surface area contributed by atoms with Crippen molar-refractivity contribution in [2.75, 3.05) is 24.6 Å². The van der Waals surface area contributed by atoms with Crippen molar-refractivity contribution in [2.45, 2.75) is 19.4 Å². The number of rotatable bonds is 1. The average Bonchev–Trinajstić information content (AvgIpc) is 2.18. The fourth-order valence-electron chi connectivity index (χ4n) is 1.58. The van der Waals surface area contributed by atoms with Crippen LogP contribution in [0.2, 0.25) is 0 Å². The van der Waals surface area contributed by atoms with Crippen LogP contribution in [0.3, 0.4) is 0 Å². The summed E-state index contributed by atoms with van der Waals surface area (Å²) in [4.78, 5) is 14.1. The monoisotopic (exact) mass is 194 g/mol. The van der Waals surface area contributed by atoms with Crippen molar-refractivity contribution in [2.24, 2.45) is 0 Å². The van der Waals surface area contributed by atoms with E-state index in [1.165, 1.54) is 12.7 Å². The first-order chi connectivity index (χ1) is 6.67. The molecule has 0 spiro atoms. The molecule has 1 saturated heterocycles. The van der Waals surface area contributed by atoms with Crippen molar-refractivity contribution < 1.29 is 4.74 Å². The molecule has 76 valence electrons. The van der Waals surface area contributed by atoms with E-state index in [0.29, 0.717) is 0 Å². The van der Waals surface area contributed by atoms with E-state index in [9.17, 15) is 0 Å². The van der Waals surface area contributed by atoms with Gasteiger partial charge in [0.25, 0.3) is 0 Å². The van der Waals surface area contributed by atoms with E-state index >= 15 is 0 Å². The minimum Gasteiger partial charge on any atom is -0.372 e. The molecule has 0 saturated carbocycles. The van der Waals surface area contributed by atoms with Gasteiger partial charge in [-0.1, -0.05) is 0 Å². The van der Waals surface area contributed by atoms with Gasteiger partial charge in [0.15, 0.2) is 0 Å². The Labute approximate surface area is 83.1 Å². The summed E-state index contributed by atoms with van der Waals surface area (Å²) in [5.74, 6) is 0.733. The van der Waals surface area contributed by atoms with Gasteiger partial charge in [0.05, 0.1) is 12.2 Å². The van der Waals surface area contributed by atoms with Crippen LogP contribution in [-0.2, 0) is 4.74 Å². The Bertz CT molecular complexity index is 301. The van der Waals surface area contributed by atoms with Crippen LogP contribution in [0.25, 0.3) is 0 Å². The molecule has 0 atom stereocenters. The predicted molar refractivity (Wildman–Crippen MR) is 52.1 cm³/mol.